The van der Waals surface area contributed by atoms with Crippen molar-refractivity contribution >= 4 is 17.9 Å². The van der Waals surface area contributed by atoms with E-state index in [1.807, 2.05) is 0 Å². The van der Waals surface area contributed by atoms with Crippen LogP contribution in [0.1, 0.15) is 324 Å². The Labute approximate surface area is 399 Å². The van der Waals surface area contributed by atoms with Gasteiger partial charge in [-0.05, 0) is 31.1 Å². The van der Waals surface area contributed by atoms with Crippen molar-refractivity contribution in [1.29, 1.82) is 0 Å². The van der Waals surface area contributed by atoms with Crippen molar-refractivity contribution in [2.24, 2.45) is 11.8 Å². The number of esters is 3. The number of unbranched alkanes of at least 4 members (excludes halogenated alkanes) is 36. The molecule has 2 atom stereocenters. The number of hydrogen-bond acceptors (Lipinski definition) is 6. The fraction of sp³-hybridized carbons (Fsp3) is 0.948. The number of rotatable bonds is 52. The molecule has 0 aromatic rings. The molecule has 0 bridgehead atoms. The summed E-state index contributed by atoms with van der Waals surface area (Å²) in [5.41, 5.74) is 0. The Morgan fingerprint density at radius 2 is 0.594 bits per heavy atom. The van der Waals surface area contributed by atoms with Crippen LogP contribution in [0.15, 0.2) is 0 Å². The lowest BCUT2D eigenvalue weighted by Crippen LogP contribution is -2.30. The molecule has 6 heteroatoms. The number of carbonyl (C=O) groups excluding carboxylic acids is 3. The first-order chi connectivity index (χ1) is 31.3. The normalized spacial score (nSPS) is 12.5. The van der Waals surface area contributed by atoms with E-state index in [1.54, 1.807) is 0 Å². The largest absolute Gasteiger partial charge is 0.462 e. The van der Waals surface area contributed by atoms with Crippen molar-refractivity contribution in [3.05, 3.63) is 0 Å². The summed E-state index contributed by atoms with van der Waals surface area (Å²) in [7, 11) is 0. The maximum Gasteiger partial charge on any atom is 0.306 e. The molecule has 0 saturated carbocycles. The molecule has 64 heavy (non-hydrogen) atoms. The van der Waals surface area contributed by atoms with Crippen LogP contribution in [-0.4, -0.2) is 37.2 Å². The molecule has 0 radical (unpaired) electrons. The Hall–Kier alpha value is -1.59. The molecule has 0 aromatic heterocycles. The first-order valence-electron chi connectivity index (χ1n) is 28.8. The Balaban J connectivity index is 4.27. The Kier molecular flexibility index (Phi) is 49.6. The van der Waals surface area contributed by atoms with Crippen molar-refractivity contribution in [2.45, 2.75) is 330 Å². The number of ether oxygens (including phenoxy) is 3. The average molecular weight is 906 g/mol. The topological polar surface area (TPSA) is 78.9 Å². The SMILES string of the molecule is CCCCCCCCCCCCCCCCCCCCCC(=O)OC[C@@H](COC(=O)CCCCCCCCCCC(C)CC)OC(=O)CCCCCCCCCCCCCCC(C)C. The molecule has 380 valence electrons. The van der Waals surface area contributed by atoms with E-state index in [-0.39, 0.29) is 31.1 Å². The zero-order valence-electron chi connectivity index (χ0n) is 43.9. The molecule has 0 rings (SSSR count). The molecule has 0 saturated heterocycles. The standard InChI is InChI=1S/C58H112O6/c1-6-8-9-10-11-12-13-14-15-16-17-18-19-20-24-27-33-38-43-48-56(59)62-51-55(52-63-57(60)49-44-39-34-30-29-32-37-42-47-54(5)7-2)64-58(61)50-45-40-35-28-25-22-21-23-26-31-36-41-46-53(3)4/h53-55H,6-52H2,1-5H3/t54?,55-/m0/s1. The highest BCUT2D eigenvalue weighted by Crippen LogP contribution is 2.18. The third-order valence-corrected chi connectivity index (χ3v) is 13.6. The van der Waals surface area contributed by atoms with Gasteiger partial charge in [0.15, 0.2) is 6.10 Å². The monoisotopic (exact) mass is 905 g/mol. The van der Waals surface area contributed by atoms with Crippen LogP contribution in [0, 0.1) is 11.8 Å². The summed E-state index contributed by atoms with van der Waals surface area (Å²) in [5.74, 6) is 0.837. The molecule has 0 fully saturated rings. The predicted octanol–water partition coefficient (Wildman–Crippen LogP) is 18.9. The minimum atomic E-state index is -0.763. The van der Waals surface area contributed by atoms with Gasteiger partial charge in [0, 0.05) is 19.3 Å². The van der Waals surface area contributed by atoms with Crippen molar-refractivity contribution < 1.29 is 28.6 Å². The molecule has 0 aliphatic heterocycles. The quantitative estimate of drug-likeness (QED) is 0.0344. The highest BCUT2D eigenvalue weighted by Gasteiger charge is 2.19. The second-order valence-electron chi connectivity index (χ2n) is 20.6. The van der Waals surface area contributed by atoms with Crippen molar-refractivity contribution in [1.82, 2.24) is 0 Å². The van der Waals surface area contributed by atoms with Crippen LogP contribution in [0.25, 0.3) is 0 Å². The van der Waals surface area contributed by atoms with Gasteiger partial charge in [-0.3, -0.25) is 14.4 Å². The minimum absolute atomic E-state index is 0.0632. The summed E-state index contributed by atoms with van der Waals surface area (Å²) in [6, 6.07) is 0. The van der Waals surface area contributed by atoms with Gasteiger partial charge in [0.2, 0.25) is 0 Å². The second-order valence-corrected chi connectivity index (χ2v) is 20.6. The van der Waals surface area contributed by atoms with Gasteiger partial charge in [0.05, 0.1) is 0 Å². The van der Waals surface area contributed by atoms with E-state index in [4.69, 9.17) is 14.2 Å². The third-order valence-electron chi connectivity index (χ3n) is 13.6. The maximum atomic E-state index is 12.8. The summed E-state index contributed by atoms with van der Waals surface area (Å²) in [6.45, 7) is 11.4. The molecule has 0 aliphatic rings. The molecule has 0 N–H and O–H groups in total. The lowest BCUT2D eigenvalue weighted by molar-refractivity contribution is -0.167. The molecule has 1 unspecified atom stereocenters. The average Bonchev–Trinajstić information content (AvgIpc) is 3.28. The molecule has 0 heterocycles. The minimum Gasteiger partial charge on any atom is -0.462 e. The van der Waals surface area contributed by atoms with Gasteiger partial charge in [-0.2, -0.15) is 0 Å². The molecular formula is C58H112O6. The van der Waals surface area contributed by atoms with Gasteiger partial charge >= 0.3 is 17.9 Å². The fourth-order valence-electron chi connectivity index (χ4n) is 8.84. The molecule has 0 spiro atoms. The Morgan fingerprint density at radius 3 is 0.891 bits per heavy atom. The molecule has 0 amide bonds. The van der Waals surface area contributed by atoms with Crippen LogP contribution < -0.4 is 0 Å². The number of carbonyl (C=O) groups is 3. The highest BCUT2D eigenvalue weighted by molar-refractivity contribution is 5.71. The lowest BCUT2D eigenvalue weighted by Gasteiger charge is -2.18. The molecule has 6 nitrogen and oxygen atoms in total. The summed E-state index contributed by atoms with van der Waals surface area (Å²) in [5, 5.41) is 0. The summed E-state index contributed by atoms with van der Waals surface area (Å²) >= 11 is 0. The van der Waals surface area contributed by atoms with Crippen LogP contribution in [0.3, 0.4) is 0 Å². The second kappa shape index (κ2) is 50.8. The van der Waals surface area contributed by atoms with Crippen LogP contribution in [0.4, 0.5) is 0 Å². The zero-order valence-corrected chi connectivity index (χ0v) is 43.9. The van der Waals surface area contributed by atoms with Gasteiger partial charge in [-0.15, -0.1) is 0 Å². The van der Waals surface area contributed by atoms with Crippen molar-refractivity contribution in [3.8, 4) is 0 Å². The molecule has 0 aliphatic carbocycles. The highest BCUT2D eigenvalue weighted by atomic mass is 16.6. The van der Waals surface area contributed by atoms with E-state index in [0.29, 0.717) is 19.3 Å². The lowest BCUT2D eigenvalue weighted by atomic mass is 9.99. The first-order valence-corrected chi connectivity index (χ1v) is 28.8. The van der Waals surface area contributed by atoms with Gasteiger partial charge in [0.1, 0.15) is 13.2 Å². The van der Waals surface area contributed by atoms with Gasteiger partial charge < -0.3 is 14.2 Å². The Bertz CT molecular complexity index is 980. The van der Waals surface area contributed by atoms with Crippen LogP contribution in [0.2, 0.25) is 0 Å². The van der Waals surface area contributed by atoms with Crippen LogP contribution in [0.5, 0.6) is 0 Å². The van der Waals surface area contributed by atoms with Crippen LogP contribution >= 0.6 is 0 Å². The predicted molar refractivity (Wildman–Crippen MR) is 275 cm³/mol. The fourth-order valence-corrected chi connectivity index (χ4v) is 8.84. The summed E-state index contributed by atoms with van der Waals surface area (Å²) < 4.78 is 16.9. The van der Waals surface area contributed by atoms with Gasteiger partial charge in [0.25, 0.3) is 0 Å². The first kappa shape index (κ1) is 62.4. The summed E-state index contributed by atoms with van der Waals surface area (Å²) in [4.78, 5) is 38.1. The van der Waals surface area contributed by atoms with Gasteiger partial charge in [-0.1, -0.05) is 285 Å². The number of hydrogen-bond donors (Lipinski definition) is 0. The van der Waals surface area contributed by atoms with E-state index >= 15 is 0 Å². The molecule has 0 aromatic carbocycles. The van der Waals surface area contributed by atoms with Crippen molar-refractivity contribution in [3.63, 3.8) is 0 Å². The van der Waals surface area contributed by atoms with E-state index < -0.39 is 6.10 Å². The van der Waals surface area contributed by atoms with E-state index in [1.165, 1.54) is 212 Å². The molecular weight excluding hydrogens is 793 g/mol. The van der Waals surface area contributed by atoms with Crippen LogP contribution in [-0.2, 0) is 28.6 Å². The van der Waals surface area contributed by atoms with Gasteiger partial charge in [-0.25, -0.2) is 0 Å². The Morgan fingerprint density at radius 1 is 0.328 bits per heavy atom. The zero-order chi connectivity index (χ0) is 46.8. The van der Waals surface area contributed by atoms with E-state index in [9.17, 15) is 14.4 Å². The van der Waals surface area contributed by atoms with Crippen molar-refractivity contribution in [2.75, 3.05) is 13.2 Å². The maximum absolute atomic E-state index is 12.8. The van der Waals surface area contributed by atoms with E-state index in [0.717, 1.165) is 69.6 Å². The van der Waals surface area contributed by atoms with E-state index in [2.05, 4.69) is 34.6 Å². The third kappa shape index (κ3) is 49.8. The summed E-state index contributed by atoms with van der Waals surface area (Å²) in [6.07, 6.45) is 53.8. The smallest absolute Gasteiger partial charge is 0.306 e.